The molecule has 0 fully saturated rings. The first kappa shape index (κ1) is 15.2. The van der Waals surface area contributed by atoms with Crippen LogP contribution in [-0.2, 0) is 0 Å². The minimum atomic E-state index is -0.254. The molecule has 0 aliphatic carbocycles. The van der Waals surface area contributed by atoms with E-state index in [0.29, 0.717) is 18.9 Å². The summed E-state index contributed by atoms with van der Waals surface area (Å²) in [7, 11) is 0. The molecule has 0 saturated carbocycles. The molecule has 2 aromatic carbocycles. The fraction of sp³-hybridized carbons (Fsp3) is 0.278. The zero-order valence-electron chi connectivity index (χ0n) is 13.3. The number of urea groups is 1. The lowest BCUT2D eigenvalue weighted by Gasteiger charge is -2.26. The highest BCUT2D eigenvalue weighted by atomic mass is 16.6. The highest BCUT2D eigenvalue weighted by molar-refractivity contribution is 5.89. The van der Waals surface area contributed by atoms with E-state index in [1.807, 2.05) is 56.3 Å². The van der Waals surface area contributed by atoms with E-state index >= 15 is 0 Å². The average Bonchev–Trinajstić information content (AvgIpc) is 2.56. The highest BCUT2D eigenvalue weighted by Crippen LogP contribution is 2.30. The van der Waals surface area contributed by atoms with Crippen LogP contribution in [0.25, 0.3) is 0 Å². The molecule has 2 N–H and O–H groups in total. The topological polar surface area (TPSA) is 59.6 Å². The Bertz CT molecular complexity index is 715. The van der Waals surface area contributed by atoms with Crippen LogP contribution in [0.5, 0.6) is 11.5 Å². The predicted octanol–water partition coefficient (Wildman–Crippen LogP) is 3.26. The first-order valence-electron chi connectivity index (χ1n) is 7.62. The number of benzene rings is 2. The van der Waals surface area contributed by atoms with Gasteiger partial charge in [-0.3, -0.25) is 0 Å². The maximum absolute atomic E-state index is 12.0. The highest BCUT2D eigenvalue weighted by Gasteiger charge is 2.20. The number of ether oxygens (including phenoxy) is 2. The van der Waals surface area contributed by atoms with Crippen molar-refractivity contribution >= 4 is 11.7 Å². The average molecular weight is 312 g/mol. The van der Waals surface area contributed by atoms with Crippen LogP contribution in [0.1, 0.15) is 11.1 Å². The molecule has 1 aliphatic rings. The number of hydrogen-bond donors (Lipinski definition) is 2. The van der Waals surface area contributed by atoms with Crippen LogP contribution < -0.4 is 20.1 Å². The van der Waals surface area contributed by atoms with Gasteiger partial charge in [0.1, 0.15) is 6.61 Å². The van der Waals surface area contributed by atoms with Crippen LogP contribution in [0.15, 0.2) is 42.5 Å². The van der Waals surface area contributed by atoms with Crippen LogP contribution in [0.4, 0.5) is 10.5 Å². The van der Waals surface area contributed by atoms with E-state index in [4.69, 9.17) is 9.47 Å². The number of nitrogens with one attached hydrogen (secondary N) is 2. The SMILES string of the molecule is Cc1ccc(NC(=O)NCC2COc3ccccc3O2)cc1C. The Labute approximate surface area is 135 Å². The van der Waals surface area contributed by atoms with E-state index in [-0.39, 0.29) is 12.1 Å². The fourth-order valence-corrected chi connectivity index (χ4v) is 2.36. The Morgan fingerprint density at radius 1 is 1.13 bits per heavy atom. The van der Waals surface area contributed by atoms with Crippen LogP contribution in [0.2, 0.25) is 0 Å². The third kappa shape index (κ3) is 3.74. The smallest absolute Gasteiger partial charge is 0.319 e. The lowest BCUT2D eigenvalue weighted by Crippen LogP contribution is -2.42. The lowest BCUT2D eigenvalue weighted by molar-refractivity contribution is 0.0922. The molecule has 5 nitrogen and oxygen atoms in total. The van der Waals surface area contributed by atoms with Gasteiger partial charge in [0, 0.05) is 5.69 Å². The summed E-state index contributed by atoms with van der Waals surface area (Å²) in [5.41, 5.74) is 3.11. The van der Waals surface area contributed by atoms with Crippen molar-refractivity contribution in [3.8, 4) is 11.5 Å². The molecule has 1 aliphatic heterocycles. The third-order valence-electron chi connectivity index (χ3n) is 3.82. The molecule has 2 aromatic rings. The summed E-state index contributed by atoms with van der Waals surface area (Å²) >= 11 is 0. The van der Waals surface area contributed by atoms with Gasteiger partial charge in [-0.15, -0.1) is 0 Å². The van der Waals surface area contributed by atoms with Gasteiger partial charge in [-0.2, -0.15) is 0 Å². The molecule has 0 aromatic heterocycles. The maximum atomic E-state index is 12.0. The van der Waals surface area contributed by atoms with Crippen molar-refractivity contribution in [1.82, 2.24) is 5.32 Å². The minimum absolute atomic E-state index is 0.199. The first-order chi connectivity index (χ1) is 11.1. The molecule has 0 bridgehead atoms. The van der Waals surface area contributed by atoms with Gasteiger partial charge >= 0.3 is 6.03 Å². The summed E-state index contributed by atoms with van der Waals surface area (Å²) < 4.78 is 11.4. The van der Waals surface area contributed by atoms with Gasteiger partial charge in [0.25, 0.3) is 0 Å². The minimum Gasteiger partial charge on any atom is -0.486 e. The number of carbonyl (C=O) groups excluding carboxylic acids is 1. The zero-order valence-corrected chi connectivity index (χ0v) is 13.3. The number of fused-ring (bicyclic) bond motifs is 1. The number of carbonyl (C=O) groups is 1. The van der Waals surface area contributed by atoms with E-state index in [2.05, 4.69) is 10.6 Å². The Kier molecular flexibility index (Phi) is 4.37. The zero-order chi connectivity index (χ0) is 16.2. The van der Waals surface area contributed by atoms with Gasteiger partial charge in [0.05, 0.1) is 6.54 Å². The van der Waals surface area contributed by atoms with Gasteiger partial charge in [0.2, 0.25) is 0 Å². The maximum Gasteiger partial charge on any atom is 0.319 e. The molecule has 0 spiro atoms. The Balaban J connectivity index is 1.51. The standard InChI is InChI=1S/C18H20N2O3/c1-12-7-8-14(9-13(12)2)20-18(21)19-10-15-11-22-16-5-3-4-6-17(16)23-15/h3-9,15H,10-11H2,1-2H3,(H2,19,20,21). The molecule has 0 saturated heterocycles. The van der Waals surface area contributed by atoms with Gasteiger partial charge in [-0.25, -0.2) is 4.79 Å². The summed E-state index contributed by atoms with van der Waals surface area (Å²) in [6.07, 6.45) is -0.199. The normalized spacial score (nSPS) is 15.8. The summed E-state index contributed by atoms with van der Waals surface area (Å²) in [5, 5.41) is 5.63. The second-order valence-electron chi connectivity index (χ2n) is 5.63. The van der Waals surface area contributed by atoms with E-state index in [1.165, 1.54) is 5.56 Å². The van der Waals surface area contributed by atoms with E-state index in [9.17, 15) is 4.79 Å². The van der Waals surface area contributed by atoms with Crippen LogP contribution >= 0.6 is 0 Å². The van der Waals surface area contributed by atoms with Crippen LogP contribution in [0.3, 0.4) is 0 Å². The van der Waals surface area contributed by atoms with E-state index in [1.54, 1.807) is 0 Å². The van der Waals surface area contributed by atoms with Crippen molar-refractivity contribution in [2.75, 3.05) is 18.5 Å². The summed E-state index contributed by atoms with van der Waals surface area (Å²) in [4.78, 5) is 12.0. The number of hydrogen-bond acceptors (Lipinski definition) is 3. The van der Waals surface area contributed by atoms with Crippen molar-refractivity contribution in [3.05, 3.63) is 53.6 Å². The molecule has 1 unspecified atom stereocenters. The van der Waals surface area contributed by atoms with Gasteiger partial charge < -0.3 is 20.1 Å². The lowest BCUT2D eigenvalue weighted by atomic mass is 10.1. The van der Waals surface area contributed by atoms with Gasteiger partial charge in [-0.1, -0.05) is 18.2 Å². The second kappa shape index (κ2) is 6.60. The monoisotopic (exact) mass is 312 g/mol. The number of rotatable bonds is 3. The molecule has 1 atom stereocenters. The number of aryl methyl sites for hydroxylation is 2. The molecule has 2 amide bonds. The van der Waals surface area contributed by atoms with Crippen molar-refractivity contribution < 1.29 is 14.3 Å². The molecular weight excluding hydrogens is 292 g/mol. The van der Waals surface area contributed by atoms with Crippen LogP contribution in [0, 0.1) is 13.8 Å². The van der Waals surface area contributed by atoms with Gasteiger partial charge in [0.15, 0.2) is 17.6 Å². The van der Waals surface area contributed by atoms with E-state index < -0.39 is 0 Å². The Hall–Kier alpha value is -2.69. The Morgan fingerprint density at radius 3 is 2.70 bits per heavy atom. The molecule has 23 heavy (non-hydrogen) atoms. The van der Waals surface area contributed by atoms with Crippen molar-refractivity contribution in [1.29, 1.82) is 0 Å². The summed E-state index contributed by atoms with van der Waals surface area (Å²) in [6.45, 7) is 4.85. The molecule has 5 heteroatoms. The molecular formula is C18H20N2O3. The third-order valence-corrected chi connectivity index (χ3v) is 3.82. The number of para-hydroxylation sites is 2. The Morgan fingerprint density at radius 2 is 1.91 bits per heavy atom. The molecule has 0 radical (unpaired) electrons. The second-order valence-corrected chi connectivity index (χ2v) is 5.63. The number of amides is 2. The summed E-state index contributed by atoms with van der Waals surface area (Å²) in [5.74, 6) is 1.45. The quantitative estimate of drug-likeness (QED) is 0.914. The predicted molar refractivity (Wildman–Crippen MR) is 89.3 cm³/mol. The van der Waals surface area contributed by atoms with Crippen molar-refractivity contribution in [2.24, 2.45) is 0 Å². The largest absolute Gasteiger partial charge is 0.486 e. The fourth-order valence-electron chi connectivity index (χ4n) is 2.36. The van der Waals surface area contributed by atoms with Gasteiger partial charge in [-0.05, 0) is 49.2 Å². The summed E-state index contributed by atoms with van der Waals surface area (Å²) in [6, 6.07) is 13.1. The first-order valence-corrected chi connectivity index (χ1v) is 7.62. The molecule has 120 valence electrons. The van der Waals surface area contributed by atoms with Crippen molar-refractivity contribution in [2.45, 2.75) is 20.0 Å². The number of anilines is 1. The van der Waals surface area contributed by atoms with E-state index in [0.717, 1.165) is 17.0 Å². The molecule has 1 heterocycles. The van der Waals surface area contributed by atoms with Crippen molar-refractivity contribution in [3.63, 3.8) is 0 Å². The van der Waals surface area contributed by atoms with Crippen LogP contribution in [-0.4, -0.2) is 25.3 Å². The molecule has 3 rings (SSSR count).